The van der Waals surface area contributed by atoms with Crippen molar-refractivity contribution >= 4 is 18.0 Å². The summed E-state index contributed by atoms with van der Waals surface area (Å²) in [5, 5.41) is 14.5. The number of nitrogens with one attached hydrogen (secondary N) is 1. The fourth-order valence-corrected chi connectivity index (χ4v) is 5.00. The van der Waals surface area contributed by atoms with Gasteiger partial charge in [0, 0.05) is 13.0 Å². The number of amides is 2. The molecule has 4 atom stereocenters. The smallest absolute Gasteiger partial charge is 0.417 e. The number of aliphatic hydroxyl groups is 1. The molecule has 2 amide bonds. The van der Waals surface area contributed by atoms with E-state index < -0.39 is 47.4 Å². The summed E-state index contributed by atoms with van der Waals surface area (Å²) in [4.78, 5) is 41.0. The zero-order valence-electron chi connectivity index (χ0n) is 24.2. The summed E-state index contributed by atoms with van der Waals surface area (Å²) >= 11 is 0. The maximum atomic E-state index is 14.3. The third kappa shape index (κ3) is 6.84. The minimum Gasteiger partial charge on any atom is -0.456 e. The number of carbonyl (C=O) groups excluding carboxylic acids is 3. The molecule has 2 N–H and O–H groups in total. The van der Waals surface area contributed by atoms with E-state index in [1.165, 1.54) is 0 Å². The van der Waals surface area contributed by atoms with Gasteiger partial charge in [-0.25, -0.2) is 14.5 Å². The zero-order valence-corrected chi connectivity index (χ0v) is 24.2. The van der Waals surface area contributed by atoms with Gasteiger partial charge in [0.05, 0.1) is 17.7 Å². The van der Waals surface area contributed by atoms with E-state index in [2.05, 4.69) is 5.32 Å². The van der Waals surface area contributed by atoms with Crippen LogP contribution in [0.4, 0.5) is 4.79 Å². The number of carbonyl (C=O) groups is 3. The molecule has 41 heavy (non-hydrogen) atoms. The lowest BCUT2D eigenvalue weighted by Gasteiger charge is -2.39. The Morgan fingerprint density at radius 2 is 1.54 bits per heavy atom. The first kappa shape index (κ1) is 30.0. The molecule has 0 spiro atoms. The number of esters is 1. The van der Waals surface area contributed by atoms with E-state index in [1.807, 2.05) is 81.4 Å². The molecule has 0 radical (unpaired) electrons. The molecule has 4 rings (SSSR count). The second-order valence-corrected chi connectivity index (χ2v) is 11.5. The highest BCUT2D eigenvalue weighted by atomic mass is 16.6. The second-order valence-electron chi connectivity index (χ2n) is 11.5. The van der Waals surface area contributed by atoms with Crippen LogP contribution in [0.2, 0.25) is 0 Å². The molecule has 8 heteroatoms. The Morgan fingerprint density at radius 3 is 2.10 bits per heavy atom. The molecule has 1 saturated heterocycles. The monoisotopic (exact) mass is 558 g/mol. The minimum atomic E-state index is -1.55. The molecule has 0 saturated carbocycles. The van der Waals surface area contributed by atoms with Gasteiger partial charge < -0.3 is 14.6 Å². The molecule has 1 fully saturated rings. The molecule has 216 valence electrons. The number of benzene rings is 3. The molecule has 0 aromatic heterocycles. The summed E-state index contributed by atoms with van der Waals surface area (Å²) in [5.74, 6) is -0.998. The molecular formula is C33H38N2O6. The van der Waals surface area contributed by atoms with Gasteiger partial charge in [-0.05, 0) is 63.4 Å². The van der Waals surface area contributed by atoms with Gasteiger partial charge in [0.25, 0.3) is 5.91 Å². The minimum absolute atomic E-state index is 0.132. The van der Waals surface area contributed by atoms with Crippen LogP contribution in [0.5, 0.6) is 0 Å². The molecule has 0 unspecified atom stereocenters. The van der Waals surface area contributed by atoms with E-state index in [-0.39, 0.29) is 13.0 Å². The third-order valence-corrected chi connectivity index (χ3v) is 7.23. The van der Waals surface area contributed by atoms with Gasteiger partial charge in [-0.1, -0.05) is 72.8 Å². The van der Waals surface area contributed by atoms with Gasteiger partial charge in [0.1, 0.15) is 17.2 Å². The number of rotatable bonds is 9. The molecule has 1 heterocycles. The van der Waals surface area contributed by atoms with Gasteiger partial charge in [0.2, 0.25) is 0 Å². The molecule has 8 nitrogen and oxygen atoms in total. The lowest BCUT2D eigenvalue weighted by atomic mass is 9.83. The lowest BCUT2D eigenvalue weighted by Crippen LogP contribution is -2.66. The van der Waals surface area contributed by atoms with Crippen molar-refractivity contribution in [3.63, 3.8) is 0 Å². The second kappa shape index (κ2) is 12.2. The first-order valence-electron chi connectivity index (χ1n) is 13.8. The maximum Gasteiger partial charge on any atom is 0.417 e. The van der Waals surface area contributed by atoms with Gasteiger partial charge in [-0.3, -0.25) is 10.1 Å². The van der Waals surface area contributed by atoms with E-state index in [0.29, 0.717) is 5.56 Å². The number of aliphatic hydroxyl groups excluding tert-OH is 1. The van der Waals surface area contributed by atoms with Crippen molar-refractivity contribution in [1.82, 2.24) is 10.2 Å². The number of nitrogens with zero attached hydrogens (tertiary/aromatic N) is 1. The molecule has 3 aromatic carbocycles. The van der Waals surface area contributed by atoms with Crippen LogP contribution in [0.25, 0.3) is 0 Å². The predicted molar refractivity (Wildman–Crippen MR) is 155 cm³/mol. The maximum absolute atomic E-state index is 14.3. The van der Waals surface area contributed by atoms with Crippen molar-refractivity contribution in [3.05, 3.63) is 107 Å². The first-order valence-corrected chi connectivity index (χ1v) is 13.8. The summed E-state index contributed by atoms with van der Waals surface area (Å²) in [5.41, 5.74) is 0.624. The number of hydrogen-bond acceptors (Lipinski definition) is 7. The molecule has 1 aliphatic rings. The summed E-state index contributed by atoms with van der Waals surface area (Å²) < 4.78 is 11.1. The van der Waals surface area contributed by atoms with Gasteiger partial charge in [-0.15, -0.1) is 0 Å². The van der Waals surface area contributed by atoms with Crippen LogP contribution >= 0.6 is 0 Å². The van der Waals surface area contributed by atoms with Crippen LogP contribution in [0, 0.1) is 0 Å². The van der Waals surface area contributed by atoms with Crippen LogP contribution in [0.1, 0.15) is 67.8 Å². The van der Waals surface area contributed by atoms with E-state index in [0.717, 1.165) is 21.6 Å². The number of cyclic esters (lactones) is 1. The van der Waals surface area contributed by atoms with E-state index in [9.17, 15) is 19.5 Å². The first-order chi connectivity index (χ1) is 19.4. The predicted octanol–water partition coefficient (Wildman–Crippen LogP) is 5.20. The number of imide groups is 1. The van der Waals surface area contributed by atoms with Crippen molar-refractivity contribution in [3.8, 4) is 0 Å². The Bertz CT molecular complexity index is 1350. The van der Waals surface area contributed by atoms with Gasteiger partial charge in [-0.2, -0.15) is 0 Å². The van der Waals surface area contributed by atoms with Crippen molar-refractivity contribution in [2.45, 2.75) is 77.0 Å². The molecule has 0 aliphatic carbocycles. The third-order valence-electron chi connectivity index (χ3n) is 7.23. The Morgan fingerprint density at radius 1 is 0.951 bits per heavy atom. The molecule has 0 bridgehead atoms. The van der Waals surface area contributed by atoms with Crippen molar-refractivity contribution in [2.75, 3.05) is 0 Å². The quantitative estimate of drug-likeness (QED) is 0.348. The summed E-state index contributed by atoms with van der Waals surface area (Å²) in [6, 6.07) is 24.9. The highest BCUT2D eigenvalue weighted by Gasteiger charge is 2.53. The Hall–Kier alpha value is -4.01. The normalized spacial score (nSPS) is 19.3. The zero-order chi connectivity index (χ0) is 29.8. The van der Waals surface area contributed by atoms with Gasteiger partial charge >= 0.3 is 12.1 Å². The summed E-state index contributed by atoms with van der Waals surface area (Å²) in [6.45, 7) is 8.92. The van der Waals surface area contributed by atoms with Crippen molar-refractivity contribution in [2.24, 2.45) is 0 Å². The van der Waals surface area contributed by atoms with E-state index in [1.54, 1.807) is 38.1 Å². The Balaban J connectivity index is 1.62. The van der Waals surface area contributed by atoms with Crippen molar-refractivity contribution in [1.29, 1.82) is 0 Å². The summed E-state index contributed by atoms with van der Waals surface area (Å²) in [7, 11) is 0. The average molecular weight is 559 g/mol. The van der Waals surface area contributed by atoms with Crippen LogP contribution in [-0.2, 0) is 27.2 Å². The van der Waals surface area contributed by atoms with Gasteiger partial charge in [0.15, 0.2) is 0 Å². The standard InChI is InChI=1S/C33H38N2O6/c1-22-28(26-14-10-7-11-15-26)40-31(39)35(22)30(38)33(23(2)36,20-24-12-8-6-9-13-24)34-21-25-16-18-27(19-17-25)29(37)41-32(3,4)5/h6-19,22-23,28,34,36H,20-21H2,1-5H3/t22-,23-,28-,33+/m1/s1. The number of ether oxygens (including phenoxy) is 2. The fourth-order valence-electron chi connectivity index (χ4n) is 5.00. The SMILES string of the molecule is C[C@@H]1[C@H](c2ccccc2)OC(=O)N1C(=O)[C@@](Cc1ccccc1)(NCc1ccc(C(=O)OC(C)(C)C)cc1)[C@@H](C)O. The Labute approximate surface area is 241 Å². The lowest BCUT2D eigenvalue weighted by molar-refractivity contribution is -0.141. The number of hydrogen-bond donors (Lipinski definition) is 2. The molecule has 3 aromatic rings. The largest absolute Gasteiger partial charge is 0.456 e. The Kier molecular flexibility index (Phi) is 8.95. The highest BCUT2D eigenvalue weighted by Crippen LogP contribution is 2.35. The fraction of sp³-hybridized carbons (Fsp3) is 0.364. The van der Waals surface area contributed by atoms with Crippen LogP contribution in [0.3, 0.4) is 0 Å². The van der Waals surface area contributed by atoms with Crippen LogP contribution in [-0.4, -0.2) is 51.3 Å². The molecular weight excluding hydrogens is 520 g/mol. The highest BCUT2D eigenvalue weighted by molar-refractivity contribution is 5.99. The topological polar surface area (TPSA) is 105 Å². The average Bonchev–Trinajstić information content (AvgIpc) is 3.24. The van der Waals surface area contributed by atoms with Crippen LogP contribution < -0.4 is 5.32 Å². The van der Waals surface area contributed by atoms with Crippen molar-refractivity contribution < 1.29 is 29.0 Å². The molecule has 1 aliphatic heterocycles. The van der Waals surface area contributed by atoms with E-state index in [4.69, 9.17) is 9.47 Å². The van der Waals surface area contributed by atoms with E-state index >= 15 is 0 Å². The van der Waals surface area contributed by atoms with Crippen LogP contribution in [0.15, 0.2) is 84.9 Å². The summed E-state index contributed by atoms with van der Waals surface area (Å²) in [6.07, 6.45) is -2.42.